The number of fused-ring (bicyclic) bond motifs is 1. The van der Waals surface area contributed by atoms with Crippen molar-refractivity contribution in [1.29, 1.82) is 0 Å². The molecule has 14 heteroatoms. The van der Waals surface area contributed by atoms with E-state index in [1.54, 1.807) is 86.4 Å². The highest BCUT2D eigenvalue weighted by Crippen LogP contribution is 2.41. The maximum absolute atomic E-state index is 14.2. The molecular formula is C40H39N7O7. The Bertz CT molecular complexity index is 2300. The first-order chi connectivity index (χ1) is 26.3. The summed E-state index contributed by atoms with van der Waals surface area (Å²) in [6, 6.07) is 25.8. The molecule has 0 radical (unpaired) electrons. The topological polar surface area (TPSA) is 142 Å². The summed E-state index contributed by atoms with van der Waals surface area (Å²) in [7, 11) is 7.77. The number of hydrogen-bond acceptors (Lipinski definition) is 11. The maximum atomic E-state index is 14.2. The minimum atomic E-state index is -0.266. The normalized spacial score (nSPS) is 12.7. The highest BCUT2D eigenvalue weighted by Gasteiger charge is 2.29. The van der Waals surface area contributed by atoms with Crippen LogP contribution in [0, 0.1) is 0 Å². The van der Waals surface area contributed by atoms with Crippen LogP contribution in [0.3, 0.4) is 0 Å². The lowest BCUT2D eigenvalue weighted by Crippen LogP contribution is -2.50. The quantitative estimate of drug-likeness (QED) is 0.172. The molecule has 0 bridgehead atoms. The number of amides is 2. The van der Waals surface area contributed by atoms with Gasteiger partial charge in [0.25, 0.3) is 11.8 Å². The number of hydrogen-bond donors (Lipinski definition) is 1. The average Bonchev–Trinajstić information content (AvgIpc) is 3.67. The molecule has 0 saturated carbocycles. The lowest BCUT2D eigenvalue weighted by Gasteiger charge is -2.35. The number of ether oxygens (including phenoxy) is 5. The van der Waals surface area contributed by atoms with Gasteiger partial charge >= 0.3 is 0 Å². The van der Waals surface area contributed by atoms with Crippen LogP contribution in [0.25, 0.3) is 28.2 Å². The minimum absolute atomic E-state index is 0.199. The standard InChI is InChI=1S/C40H39N7O7/c1-50-32-14-13-27(22-33(32)51-2)42-38-28(12-9-15-41-38)39(48)45-16-18-46(19-17-45)40(49)30-23-31(26-20-34(52-3)37(54-5)35(21-26)53-4)47-36(43-30)24-29(44-47)25-10-7-6-8-11-25/h6-15,20-24H,16-19H2,1-5H3,(H,41,42). The molecule has 1 saturated heterocycles. The Hall–Kier alpha value is -6.83. The molecule has 7 rings (SSSR count). The summed E-state index contributed by atoms with van der Waals surface area (Å²) < 4.78 is 29.3. The molecule has 1 aliphatic heterocycles. The Morgan fingerprint density at radius 3 is 1.96 bits per heavy atom. The van der Waals surface area contributed by atoms with E-state index in [2.05, 4.69) is 10.3 Å². The molecule has 1 aliphatic rings. The monoisotopic (exact) mass is 729 g/mol. The summed E-state index contributed by atoms with van der Waals surface area (Å²) in [4.78, 5) is 40.7. The van der Waals surface area contributed by atoms with Gasteiger partial charge in [0, 0.05) is 61.3 Å². The molecule has 2 amide bonds. The molecule has 3 aromatic heterocycles. The minimum Gasteiger partial charge on any atom is -0.493 e. The number of nitrogens with one attached hydrogen (secondary N) is 1. The molecule has 0 unspecified atom stereocenters. The Kier molecular flexibility index (Phi) is 10.2. The molecule has 4 heterocycles. The van der Waals surface area contributed by atoms with Crippen molar-refractivity contribution in [2.24, 2.45) is 0 Å². The van der Waals surface area contributed by atoms with Gasteiger partial charge < -0.3 is 38.8 Å². The van der Waals surface area contributed by atoms with Gasteiger partial charge in [-0.05, 0) is 42.5 Å². The third-order valence-corrected chi connectivity index (χ3v) is 9.21. The summed E-state index contributed by atoms with van der Waals surface area (Å²) in [6.07, 6.45) is 1.62. The number of carbonyl (C=O) groups is 2. The molecule has 276 valence electrons. The molecule has 6 aromatic rings. The summed E-state index contributed by atoms with van der Waals surface area (Å²) >= 11 is 0. The number of pyridine rings is 1. The predicted octanol–water partition coefficient (Wildman–Crippen LogP) is 5.84. The van der Waals surface area contributed by atoms with Crippen molar-refractivity contribution in [3.8, 4) is 51.3 Å². The van der Waals surface area contributed by atoms with Crippen LogP contribution in [-0.2, 0) is 0 Å². The zero-order valence-corrected chi connectivity index (χ0v) is 30.5. The first-order valence-corrected chi connectivity index (χ1v) is 17.1. The van der Waals surface area contributed by atoms with Crippen molar-refractivity contribution in [3.05, 3.63) is 102 Å². The van der Waals surface area contributed by atoms with Gasteiger partial charge in [0.15, 0.2) is 28.6 Å². The molecule has 0 spiro atoms. The van der Waals surface area contributed by atoms with E-state index in [-0.39, 0.29) is 17.5 Å². The number of aromatic nitrogens is 4. The molecule has 1 N–H and O–H groups in total. The van der Waals surface area contributed by atoms with E-state index in [0.717, 1.165) is 5.56 Å². The smallest absolute Gasteiger partial charge is 0.272 e. The summed E-state index contributed by atoms with van der Waals surface area (Å²) in [6.45, 7) is 1.26. The van der Waals surface area contributed by atoms with Crippen LogP contribution in [0.15, 0.2) is 91.1 Å². The van der Waals surface area contributed by atoms with E-state index < -0.39 is 0 Å². The number of carbonyl (C=O) groups excluding carboxylic acids is 2. The second kappa shape index (κ2) is 15.4. The molecule has 1 fully saturated rings. The first-order valence-electron chi connectivity index (χ1n) is 17.1. The lowest BCUT2D eigenvalue weighted by molar-refractivity contribution is 0.0533. The fraction of sp³-hybridized carbons (Fsp3) is 0.225. The second-order valence-corrected chi connectivity index (χ2v) is 12.3. The van der Waals surface area contributed by atoms with Crippen molar-refractivity contribution < 1.29 is 33.3 Å². The van der Waals surface area contributed by atoms with Crippen LogP contribution < -0.4 is 29.0 Å². The van der Waals surface area contributed by atoms with E-state index in [9.17, 15) is 9.59 Å². The second-order valence-electron chi connectivity index (χ2n) is 12.3. The number of piperazine rings is 1. The van der Waals surface area contributed by atoms with Crippen molar-refractivity contribution >= 4 is 29.0 Å². The molecular weight excluding hydrogens is 690 g/mol. The highest BCUT2D eigenvalue weighted by molar-refractivity contribution is 6.00. The fourth-order valence-corrected chi connectivity index (χ4v) is 6.44. The Morgan fingerprint density at radius 2 is 1.31 bits per heavy atom. The SMILES string of the molecule is COc1ccc(Nc2ncccc2C(=O)N2CCN(C(=O)c3cc(-c4cc(OC)c(OC)c(OC)c4)n4nc(-c5ccccc5)cc4n3)CC2)cc1OC. The van der Waals surface area contributed by atoms with Crippen molar-refractivity contribution in [1.82, 2.24) is 29.4 Å². The van der Waals surface area contributed by atoms with Gasteiger partial charge in [-0.3, -0.25) is 9.59 Å². The van der Waals surface area contributed by atoms with Crippen LogP contribution in [0.2, 0.25) is 0 Å². The van der Waals surface area contributed by atoms with E-state index in [4.69, 9.17) is 33.8 Å². The van der Waals surface area contributed by atoms with Crippen LogP contribution in [-0.4, -0.2) is 103 Å². The summed E-state index contributed by atoms with van der Waals surface area (Å²) in [5.74, 6) is 2.42. The molecule has 0 aliphatic carbocycles. The Balaban J connectivity index is 1.15. The van der Waals surface area contributed by atoms with Gasteiger partial charge in [-0.15, -0.1) is 0 Å². The number of methoxy groups -OCH3 is 5. The van der Waals surface area contributed by atoms with Crippen LogP contribution in [0.4, 0.5) is 11.5 Å². The van der Waals surface area contributed by atoms with E-state index in [0.29, 0.717) is 94.6 Å². The van der Waals surface area contributed by atoms with Crippen LogP contribution in [0.1, 0.15) is 20.8 Å². The lowest BCUT2D eigenvalue weighted by atomic mass is 10.1. The zero-order chi connectivity index (χ0) is 37.8. The zero-order valence-electron chi connectivity index (χ0n) is 30.5. The molecule has 14 nitrogen and oxygen atoms in total. The van der Waals surface area contributed by atoms with Crippen molar-refractivity contribution in [2.75, 3.05) is 67.0 Å². The van der Waals surface area contributed by atoms with Crippen LogP contribution in [0.5, 0.6) is 28.7 Å². The van der Waals surface area contributed by atoms with Gasteiger partial charge in [-0.1, -0.05) is 30.3 Å². The summed E-state index contributed by atoms with van der Waals surface area (Å²) in [5, 5.41) is 8.12. The molecule has 54 heavy (non-hydrogen) atoms. The Morgan fingerprint density at radius 1 is 0.648 bits per heavy atom. The number of rotatable bonds is 11. The van der Waals surface area contributed by atoms with Gasteiger partial charge in [-0.25, -0.2) is 14.5 Å². The van der Waals surface area contributed by atoms with E-state index in [1.807, 2.05) is 54.6 Å². The largest absolute Gasteiger partial charge is 0.493 e. The van der Waals surface area contributed by atoms with E-state index in [1.165, 1.54) is 0 Å². The summed E-state index contributed by atoms with van der Waals surface area (Å²) in [5.41, 5.74) is 4.70. The van der Waals surface area contributed by atoms with Gasteiger partial charge in [0.2, 0.25) is 5.75 Å². The average molecular weight is 730 g/mol. The van der Waals surface area contributed by atoms with Gasteiger partial charge in [0.1, 0.15) is 11.5 Å². The number of anilines is 2. The molecule has 0 atom stereocenters. The highest BCUT2D eigenvalue weighted by atomic mass is 16.5. The predicted molar refractivity (Wildman–Crippen MR) is 202 cm³/mol. The van der Waals surface area contributed by atoms with Gasteiger partial charge in [-0.2, -0.15) is 5.10 Å². The van der Waals surface area contributed by atoms with Gasteiger partial charge in [0.05, 0.1) is 52.5 Å². The van der Waals surface area contributed by atoms with Crippen molar-refractivity contribution in [3.63, 3.8) is 0 Å². The van der Waals surface area contributed by atoms with Crippen molar-refractivity contribution in [2.45, 2.75) is 0 Å². The Labute approximate surface area is 311 Å². The third kappa shape index (κ3) is 6.88. The maximum Gasteiger partial charge on any atom is 0.272 e. The number of nitrogens with zero attached hydrogens (tertiary/aromatic N) is 6. The first kappa shape index (κ1) is 35.6. The third-order valence-electron chi connectivity index (χ3n) is 9.21. The van der Waals surface area contributed by atoms with E-state index >= 15 is 0 Å². The molecule has 3 aromatic carbocycles. The fourth-order valence-electron chi connectivity index (χ4n) is 6.44. The van der Waals surface area contributed by atoms with Crippen LogP contribution >= 0.6 is 0 Å². The number of benzene rings is 3.